The summed E-state index contributed by atoms with van der Waals surface area (Å²) in [5.74, 6) is 0.0399. The molecule has 0 aliphatic carbocycles. The summed E-state index contributed by atoms with van der Waals surface area (Å²) >= 11 is 5.85. The molecule has 0 radical (unpaired) electrons. The standard InChI is InChI=1S/C15H11ClN6O3/c16-11-3-7-12(8-4-11)21-14(18-19-20-21)9-17-15(23)10-1-5-13(6-2-10)22(24)25/h1-8H,9H2,(H,17,23). The van der Waals surface area contributed by atoms with Gasteiger partial charge in [-0.2, -0.15) is 4.68 Å². The number of amides is 1. The van der Waals surface area contributed by atoms with Crippen LogP contribution in [0.2, 0.25) is 5.02 Å². The second-order valence-electron chi connectivity index (χ2n) is 4.97. The van der Waals surface area contributed by atoms with E-state index in [0.29, 0.717) is 22.1 Å². The molecule has 126 valence electrons. The summed E-state index contributed by atoms with van der Waals surface area (Å²) in [6.45, 7) is 0.0887. The third kappa shape index (κ3) is 3.78. The molecule has 25 heavy (non-hydrogen) atoms. The maximum absolute atomic E-state index is 12.1. The predicted molar refractivity (Wildman–Crippen MR) is 88.4 cm³/mol. The number of rotatable bonds is 5. The number of benzene rings is 2. The Bertz CT molecular complexity index is 908. The van der Waals surface area contributed by atoms with Crippen molar-refractivity contribution in [2.24, 2.45) is 0 Å². The fourth-order valence-corrected chi connectivity index (χ4v) is 2.22. The van der Waals surface area contributed by atoms with E-state index in [1.165, 1.54) is 28.9 Å². The number of halogens is 1. The van der Waals surface area contributed by atoms with Gasteiger partial charge in [0.2, 0.25) is 0 Å². The van der Waals surface area contributed by atoms with Crippen LogP contribution in [0, 0.1) is 10.1 Å². The number of nitrogens with one attached hydrogen (secondary N) is 1. The Hall–Kier alpha value is -3.33. The molecule has 2 aromatic carbocycles. The number of hydrogen-bond acceptors (Lipinski definition) is 6. The summed E-state index contributed by atoms with van der Waals surface area (Å²) in [5, 5.41) is 25.3. The highest BCUT2D eigenvalue weighted by atomic mass is 35.5. The first kappa shape index (κ1) is 16.5. The van der Waals surface area contributed by atoms with Gasteiger partial charge in [0.15, 0.2) is 5.82 Å². The molecule has 0 saturated carbocycles. The van der Waals surface area contributed by atoms with Gasteiger partial charge in [0.1, 0.15) is 0 Å². The summed E-state index contributed by atoms with van der Waals surface area (Å²) in [7, 11) is 0. The van der Waals surface area contributed by atoms with E-state index >= 15 is 0 Å². The maximum atomic E-state index is 12.1. The zero-order valence-electron chi connectivity index (χ0n) is 12.7. The van der Waals surface area contributed by atoms with Crippen LogP contribution >= 0.6 is 11.6 Å². The molecule has 0 saturated heterocycles. The van der Waals surface area contributed by atoms with E-state index in [2.05, 4.69) is 20.8 Å². The molecule has 0 aliphatic rings. The van der Waals surface area contributed by atoms with Crippen LogP contribution in [-0.4, -0.2) is 31.0 Å². The number of carbonyl (C=O) groups excluding carboxylic acids is 1. The Morgan fingerprint density at radius 3 is 2.48 bits per heavy atom. The fourth-order valence-electron chi connectivity index (χ4n) is 2.09. The predicted octanol–water partition coefficient (Wildman–Crippen LogP) is 2.15. The van der Waals surface area contributed by atoms with Crippen LogP contribution in [-0.2, 0) is 6.54 Å². The summed E-state index contributed by atoms with van der Waals surface area (Å²) in [4.78, 5) is 22.2. The van der Waals surface area contributed by atoms with Crippen LogP contribution in [0.25, 0.3) is 5.69 Å². The topological polar surface area (TPSA) is 116 Å². The van der Waals surface area contributed by atoms with Crippen LogP contribution in [0.4, 0.5) is 5.69 Å². The van der Waals surface area contributed by atoms with Gasteiger partial charge < -0.3 is 5.32 Å². The zero-order chi connectivity index (χ0) is 17.8. The molecule has 1 N–H and O–H groups in total. The van der Waals surface area contributed by atoms with Gasteiger partial charge in [-0.1, -0.05) is 11.6 Å². The number of hydrogen-bond donors (Lipinski definition) is 1. The molecule has 9 nitrogen and oxygen atoms in total. The van der Waals surface area contributed by atoms with Crippen molar-refractivity contribution in [2.75, 3.05) is 0 Å². The highest BCUT2D eigenvalue weighted by Crippen LogP contribution is 2.14. The molecule has 0 spiro atoms. The summed E-state index contributed by atoms with van der Waals surface area (Å²) in [5.41, 5.74) is 0.924. The maximum Gasteiger partial charge on any atom is 0.269 e. The quantitative estimate of drug-likeness (QED) is 0.551. The molecule has 3 rings (SSSR count). The Morgan fingerprint density at radius 2 is 1.84 bits per heavy atom. The van der Waals surface area contributed by atoms with Crippen molar-refractivity contribution in [3.8, 4) is 5.69 Å². The van der Waals surface area contributed by atoms with Crippen molar-refractivity contribution >= 4 is 23.2 Å². The minimum atomic E-state index is -0.526. The normalized spacial score (nSPS) is 10.4. The number of aromatic nitrogens is 4. The molecule has 1 amide bonds. The lowest BCUT2D eigenvalue weighted by Crippen LogP contribution is -2.24. The van der Waals surface area contributed by atoms with E-state index in [9.17, 15) is 14.9 Å². The van der Waals surface area contributed by atoms with E-state index in [0.717, 1.165) is 0 Å². The second-order valence-corrected chi connectivity index (χ2v) is 5.41. The van der Waals surface area contributed by atoms with E-state index in [1.807, 2.05) is 0 Å². The van der Waals surface area contributed by atoms with Gasteiger partial charge in [0, 0.05) is 22.7 Å². The van der Waals surface area contributed by atoms with E-state index in [1.54, 1.807) is 24.3 Å². The highest BCUT2D eigenvalue weighted by Gasteiger charge is 2.12. The molecule has 0 bridgehead atoms. The number of carbonyl (C=O) groups is 1. The van der Waals surface area contributed by atoms with Gasteiger partial charge in [-0.3, -0.25) is 14.9 Å². The third-order valence-corrected chi connectivity index (χ3v) is 3.60. The average molecular weight is 359 g/mol. The third-order valence-electron chi connectivity index (χ3n) is 3.35. The SMILES string of the molecule is O=C(NCc1nnnn1-c1ccc(Cl)cc1)c1ccc([N+](=O)[O-])cc1. The number of nitro groups is 1. The van der Waals surface area contributed by atoms with Gasteiger partial charge in [-0.25, -0.2) is 0 Å². The van der Waals surface area contributed by atoms with Crippen LogP contribution < -0.4 is 5.32 Å². The Morgan fingerprint density at radius 1 is 1.16 bits per heavy atom. The first-order valence-corrected chi connectivity index (χ1v) is 7.48. The number of non-ortho nitro benzene ring substituents is 1. The van der Waals surface area contributed by atoms with E-state index < -0.39 is 4.92 Å². The largest absolute Gasteiger partial charge is 0.345 e. The van der Waals surface area contributed by atoms with Gasteiger partial charge in [-0.05, 0) is 46.8 Å². The molecule has 3 aromatic rings. The lowest BCUT2D eigenvalue weighted by atomic mass is 10.2. The van der Waals surface area contributed by atoms with Crippen LogP contribution in [0.1, 0.15) is 16.2 Å². The van der Waals surface area contributed by atoms with Crippen molar-refractivity contribution < 1.29 is 9.72 Å². The molecule has 0 aliphatic heterocycles. The summed E-state index contributed by atoms with van der Waals surface area (Å²) in [6, 6.07) is 12.2. The van der Waals surface area contributed by atoms with Crippen LogP contribution in [0.3, 0.4) is 0 Å². The van der Waals surface area contributed by atoms with Crippen molar-refractivity contribution in [3.63, 3.8) is 0 Å². The van der Waals surface area contributed by atoms with Crippen molar-refractivity contribution in [2.45, 2.75) is 6.54 Å². The molecular weight excluding hydrogens is 348 g/mol. The Labute approximate surface area is 146 Å². The smallest absolute Gasteiger partial charge is 0.269 e. The minimum Gasteiger partial charge on any atom is -0.345 e. The molecule has 1 aromatic heterocycles. The van der Waals surface area contributed by atoms with Gasteiger partial charge in [0.05, 0.1) is 17.2 Å². The fraction of sp³-hybridized carbons (Fsp3) is 0.0667. The lowest BCUT2D eigenvalue weighted by Gasteiger charge is -2.06. The Balaban J connectivity index is 1.70. The average Bonchev–Trinajstić information content (AvgIpc) is 3.09. The molecule has 0 fully saturated rings. The second kappa shape index (κ2) is 7.05. The molecular formula is C15H11ClN6O3. The number of tetrazole rings is 1. The van der Waals surface area contributed by atoms with Crippen LogP contribution in [0.5, 0.6) is 0 Å². The monoisotopic (exact) mass is 358 g/mol. The summed E-state index contributed by atoms with van der Waals surface area (Å²) < 4.78 is 1.48. The summed E-state index contributed by atoms with van der Waals surface area (Å²) in [6.07, 6.45) is 0. The molecule has 0 atom stereocenters. The van der Waals surface area contributed by atoms with Gasteiger partial charge >= 0.3 is 0 Å². The molecule has 10 heteroatoms. The zero-order valence-corrected chi connectivity index (χ0v) is 13.4. The molecule has 0 unspecified atom stereocenters. The first-order chi connectivity index (χ1) is 12.0. The highest BCUT2D eigenvalue weighted by molar-refractivity contribution is 6.30. The van der Waals surface area contributed by atoms with E-state index in [-0.39, 0.29) is 18.1 Å². The number of nitro benzene ring substituents is 1. The minimum absolute atomic E-state index is 0.0803. The lowest BCUT2D eigenvalue weighted by molar-refractivity contribution is -0.384. The van der Waals surface area contributed by atoms with Crippen molar-refractivity contribution in [3.05, 3.63) is 75.1 Å². The van der Waals surface area contributed by atoms with Gasteiger partial charge in [-0.15, -0.1) is 5.10 Å². The number of nitrogens with zero attached hydrogens (tertiary/aromatic N) is 5. The van der Waals surface area contributed by atoms with Crippen LogP contribution in [0.15, 0.2) is 48.5 Å². The van der Waals surface area contributed by atoms with Crippen molar-refractivity contribution in [1.82, 2.24) is 25.5 Å². The van der Waals surface area contributed by atoms with Gasteiger partial charge in [0.25, 0.3) is 11.6 Å². The van der Waals surface area contributed by atoms with Crippen molar-refractivity contribution in [1.29, 1.82) is 0 Å². The molecule has 1 heterocycles. The van der Waals surface area contributed by atoms with E-state index in [4.69, 9.17) is 11.6 Å². The first-order valence-electron chi connectivity index (χ1n) is 7.10. The Kier molecular flexibility index (Phi) is 4.66.